The molecule has 1 amide bonds. The number of likely N-dealkylation sites (tertiary alicyclic amines) is 1. The van der Waals surface area contributed by atoms with E-state index in [2.05, 4.69) is 36.9 Å². The van der Waals surface area contributed by atoms with Crippen LogP contribution in [-0.2, 0) is 0 Å². The van der Waals surface area contributed by atoms with Gasteiger partial charge in [-0.2, -0.15) is 0 Å². The van der Waals surface area contributed by atoms with Crippen molar-refractivity contribution in [3.05, 3.63) is 77.9 Å². The molecular formula is C31H34N6O2. The highest BCUT2D eigenvalue weighted by molar-refractivity contribution is 6.04. The van der Waals surface area contributed by atoms with Crippen LogP contribution in [0, 0.1) is 0 Å². The van der Waals surface area contributed by atoms with E-state index in [0.717, 1.165) is 60.1 Å². The third kappa shape index (κ3) is 5.56. The second-order valence-electron chi connectivity index (χ2n) is 10.6. The molecule has 1 aliphatic heterocycles. The highest BCUT2D eigenvalue weighted by Crippen LogP contribution is 2.38. The first-order valence-corrected chi connectivity index (χ1v) is 13.9. The van der Waals surface area contributed by atoms with Crippen molar-refractivity contribution in [3.63, 3.8) is 0 Å². The van der Waals surface area contributed by atoms with Gasteiger partial charge in [0.25, 0.3) is 5.91 Å². The van der Waals surface area contributed by atoms with Crippen LogP contribution in [0.25, 0.3) is 22.5 Å². The molecule has 39 heavy (non-hydrogen) atoms. The Morgan fingerprint density at radius 1 is 0.923 bits per heavy atom. The number of nitrogens with zero attached hydrogens (tertiary/aromatic N) is 4. The van der Waals surface area contributed by atoms with Crippen molar-refractivity contribution < 1.29 is 9.53 Å². The monoisotopic (exact) mass is 522 g/mol. The first-order chi connectivity index (χ1) is 19.2. The molecule has 1 aromatic heterocycles. The number of rotatable bonds is 7. The molecule has 6 rings (SSSR count). The zero-order valence-corrected chi connectivity index (χ0v) is 22.3. The SMILES string of the molecule is COc1ccc(NC(=O)c2ccc(-c3cccc(-c4nnn[nH]4)c3)cc2)cc1C1CCN(C2CCCC2)CC1. The van der Waals surface area contributed by atoms with E-state index in [1.807, 2.05) is 60.7 Å². The van der Waals surface area contributed by atoms with Crippen LogP contribution >= 0.6 is 0 Å². The van der Waals surface area contributed by atoms with Crippen molar-refractivity contribution in [2.75, 3.05) is 25.5 Å². The smallest absolute Gasteiger partial charge is 0.255 e. The molecule has 3 aromatic carbocycles. The molecular weight excluding hydrogens is 488 g/mol. The molecule has 2 fully saturated rings. The van der Waals surface area contributed by atoms with E-state index < -0.39 is 0 Å². The minimum Gasteiger partial charge on any atom is -0.496 e. The largest absolute Gasteiger partial charge is 0.496 e. The summed E-state index contributed by atoms with van der Waals surface area (Å²) in [6, 6.07) is 22.4. The Labute approximate surface area is 228 Å². The maximum absolute atomic E-state index is 13.1. The van der Waals surface area contributed by atoms with Crippen LogP contribution in [-0.4, -0.2) is 57.7 Å². The van der Waals surface area contributed by atoms with Gasteiger partial charge in [-0.3, -0.25) is 4.79 Å². The molecule has 0 bridgehead atoms. The van der Waals surface area contributed by atoms with Gasteiger partial charge in [0.1, 0.15) is 5.75 Å². The van der Waals surface area contributed by atoms with Crippen LogP contribution in [0.5, 0.6) is 5.75 Å². The van der Waals surface area contributed by atoms with Crippen molar-refractivity contribution >= 4 is 11.6 Å². The molecule has 0 spiro atoms. The molecule has 200 valence electrons. The van der Waals surface area contributed by atoms with E-state index in [1.54, 1.807) is 7.11 Å². The van der Waals surface area contributed by atoms with Crippen molar-refractivity contribution in [1.82, 2.24) is 25.5 Å². The standard InChI is InChI=1S/C31H34N6O2/c1-39-29-14-13-26(20-28(29)22-15-17-37(18-16-22)27-7-2-3-8-27)32-31(38)23-11-9-21(10-12-23)24-5-4-6-25(19-24)30-33-35-36-34-30/h4-6,9-14,19-20,22,27H,2-3,7-8,15-18H2,1H3,(H,32,38)(H,33,34,35,36). The van der Waals surface area contributed by atoms with Crippen LogP contribution in [0.3, 0.4) is 0 Å². The molecule has 1 aliphatic carbocycles. The number of amides is 1. The summed E-state index contributed by atoms with van der Waals surface area (Å²) in [6.45, 7) is 2.28. The zero-order valence-electron chi connectivity index (χ0n) is 22.3. The third-order valence-corrected chi connectivity index (χ3v) is 8.26. The lowest BCUT2D eigenvalue weighted by Gasteiger charge is -2.36. The van der Waals surface area contributed by atoms with Crippen LogP contribution in [0.4, 0.5) is 5.69 Å². The summed E-state index contributed by atoms with van der Waals surface area (Å²) in [5, 5.41) is 17.2. The maximum Gasteiger partial charge on any atom is 0.255 e. The number of H-pyrrole nitrogens is 1. The molecule has 0 unspecified atom stereocenters. The van der Waals surface area contributed by atoms with Crippen molar-refractivity contribution in [3.8, 4) is 28.3 Å². The zero-order chi connectivity index (χ0) is 26.6. The molecule has 4 aromatic rings. The summed E-state index contributed by atoms with van der Waals surface area (Å²) in [5.74, 6) is 1.83. The summed E-state index contributed by atoms with van der Waals surface area (Å²) >= 11 is 0. The first kappa shape index (κ1) is 25.2. The fraction of sp³-hybridized carbons (Fsp3) is 0.355. The predicted octanol–water partition coefficient (Wildman–Crippen LogP) is 5.92. The molecule has 2 N–H and O–H groups in total. The normalized spacial score (nSPS) is 16.8. The summed E-state index contributed by atoms with van der Waals surface area (Å²) in [6.07, 6.45) is 7.70. The van der Waals surface area contributed by atoms with Gasteiger partial charge >= 0.3 is 0 Å². The Morgan fingerprint density at radius 2 is 1.69 bits per heavy atom. The number of piperidine rings is 1. The number of anilines is 1. The van der Waals surface area contributed by atoms with Gasteiger partial charge < -0.3 is 15.0 Å². The van der Waals surface area contributed by atoms with E-state index in [4.69, 9.17) is 4.74 Å². The Kier molecular flexibility index (Phi) is 7.36. The molecule has 0 atom stereocenters. The number of ether oxygens (including phenoxy) is 1. The Hall–Kier alpha value is -4.04. The van der Waals surface area contributed by atoms with E-state index >= 15 is 0 Å². The summed E-state index contributed by atoms with van der Waals surface area (Å²) in [4.78, 5) is 15.8. The molecule has 1 saturated heterocycles. The maximum atomic E-state index is 13.1. The molecule has 8 heteroatoms. The Morgan fingerprint density at radius 3 is 2.41 bits per heavy atom. The fourth-order valence-electron chi connectivity index (χ4n) is 6.12. The lowest BCUT2D eigenvalue weighted by molar-refractivity contribution is 0.102. The molecule has 2 aliphatic rings. The van der Waals surface area contributed by atoms with Gasteiger partial charge in [0.15, 0.2) is 5.82 Å². The van der Waals surface area contributed by atoms with E-state index in [9.17, 15) is 4.79 Å². The minimum atomic E-state index is -0.129. The number of nitrogens with one attached hydrogen (secondary N) is 2. The number of aromatic amines is 1. The average molecular weight is 523 g/mol. The Bertz CT molecular complexity index is 1410. The molecule has 2 heterocycles. The summed E-state index contributed by atoms with van der Waals surface area (Å²) in [7, 11) is 1.73. The highest BCUT2D eigenvalue weighted by Gasteiger charge is 2.29. The molecule has 8 nitrogen and oxygen atoms in total. The number of carbonyl (C=O) groups is 1. The van der Waals surface area contributed by atoms with Crippen molar-refractivity contribution in [1.29, 1.82) is 0 Å². The number of benzene rings is 3. The number of hydrogen-bond acceptors (Lipinski definition) is 6. The van der Waals surface area contributed by atoms with E-state index in [1.165, 1.54) is 31.2 Å². The van der Waals surface area contributed by atoms with Crippen LogP contribution < -0.4 is 10.1 Å². The predicted molar refractivity (Wildman–Crippen MR) is 152 cm³/mol. The minimum absolute atomic E-state index is 0.129. The van der Waals surface area contributed by atoms with Gasteiger partial charge in [-0.25, -0.2) is 5.10 Å². The second kappa shape index (κ2) is 11.4. The fourth-order valence-corrected chi connectivity index (χ4v) is 6.12. The van der Waals surface area contributed by atoms with E-state index in [0.29, 0.717) is 17.3 Å². The quantitative estimate of drug-likeness (QED) is 0.313. The van der Waals surface area contributed by atoms with E-state index in [-0.39, 0.29) is 5.91 Å². The van der Waals surface area contributed by atoms with Gasteiger partial charge in [-0.05, 0) is 108 Å². The van der Waals surface area contributed by atoms with Crippen LogP contribution in [0.2, 0.25) is 0 Å². The lowest BCUT2D eigenvalue weighted by atomic mass is 9.87. The van der Waals surface area contributed by atoms with Gasteiger partial charge in [0, 0.05) is 22.9 Å². The number of tetrazole rings is 1. The lowest BCUT2D eigenvalue weighted by Crippen LogP contribution is -2.39. The molecule has 1 saturated carbocycles. The van der Waals surface area contributed by atoms with Gasteiger partial charge in [-0.1, -0.05) is 43.2 Å². The first-order valence-electron chi connectivity index (χ1n) is 13.9. The average Bonchev–Trinajstić information content (AvgIpc) is 3.73. The summed E-state index contributed by atoms with van der Waals surface area (Å²) < 4.78 is 5.72. The van der Waals surface area contributed by atoms with Crippen molar-refractivity contribution in [2.45, 2.75) is 50.5 Å². The van der Waals surface area contributed by atoms with Gasteiger partial charge in [0.05, 0.1) is 7.11 Å². The highest BCUT2D eigenvalue weighted by atomic mass is 16.5. The van der Waals surface area contributed by atoms with Crippen LogP contribution in [0.1, 0.15) is 60.4 Å². The molecule has 0 radical (unpaired) electrons. The topological polar surface area (TPSA) is 96.0 Å². The van der Waals surface area contributed by atoms with Crippen molar-refractivity contribution in [2.24, 2.45) is 0 Å². The number of aromatic nitrogens is 4. The van der Waals surface area contributed by atoms with Gasteiger partial charge in [0.2, 0.25) is 0 Å². The third-order valence-electron chi connectivity index (χ3n) is 8.26. The summed E-state index contributed by atoms with van der Waals surface area (Å²) in [5.41, 5.74) is 5.53. The Balaban J connectivity index is 1.13. The number of carbonyl (C=O) groups excluding carboxylic acids is 1. The number of hydrogen-bond donors (Lipinski definition) is 2. The second-order valence-corrected chi connectivity index (χ2v) is 10.6. The van der Waals surface area contributed by atoms with Crippen LogP contribution in [0.15, 0.2) is 66.7 Å². The number of methoxy groups -OCH3 is 1. The van der Waals surface area contributed by atoms with Gasteiger partial charge in [-0.15, -0.1) is 5.10 Å².